The molecular weight excluding hydrogens is 386 g/mol. The van der Waals surface area contributed by atoms with Crippen LogP contribution >= 0.6 is 0 Å². The second-order valence-corrected chi connectivity index (χ2v) is 11.5. The van der Waals surface area contributed by atoms with E-state index in [1.54, 1.807) is 0 Å². The van der Waals surface area contributed by atoms with E-state index in [9.17, 15) is 0 Å². The highest BCUT2D eigenvalue weighted by Gasteiger charge is 2.38. The Labute approximate surface area is 190 Å². The normalized spacial score (nSPS) is 17.1. The standard InChI is InChI=1S/C24H47N7/c1-12-21(3,4)23(7,8)28-18-25-19(29-24(9,10)22(5,6)13-2)27-20(26-18)31-16-14-30(11)15-17-31/h12-17H2,1-11H3,(H2,25,26,27,28,29). The Bertz CT molecular complexity index is 683. The maximum atomic E-state index is 4.86. The molecule has 31 heavy (non-hydrogen) atoms. The molecule has 2 N–H and O–H groups in total. The lowest BCUT2D eigenvalue weighted by molar-refractivity contribution is 0.213. The molecule has 0 atom stereocenters. The van der Waals surface area contributed by atoms with Gasteiger partial charge in [-0.15, -0.1) is 0 Å². The predicted molar refractivity (Wildman–Crippen MR) is 133 cm³/mol. The van der Waals surface area contributed by atoms with Crippen LogP contribution in [0.3, 0.4) is 0 Å². The van der Waals surface area contributed by atoms with Crippen LogP contribution in [0.4, 0.5) is 17.8 Å². The van der Waals surface area contributed by atoms with Gasteiger partial charge in [-0.1, -0.05) is 41.5 Å². The molecule has 1 fully saturated rings. The Morgan fingerprint density at radius 3 is 1.42 bits per heavy atom. The van der Waals surface area contributed by atoms with Crippen molar-refractivity contribution < 1.29 is 0 Å². The molecule has 1 aromatic heterocycles. The van der Waals surface area contributed by atoms with Crippen LogP contribution in [-0.2, 0) is 0 Å². The van der Waals surface area contributed by atoms with Crippen molar-refractivity contribution >= 4 is 17.8 Å². The molecule has 1 aliphatic heterocycles. The second kappa shape index (κ2) is 9.08. The highest BCUT2D eigenvalue weighted by molar-refractivity contribution is 5.46. The Balaban J connectivity index is 2.43. The summed E-state index contributed by atoms with van der Waals surface area (Å²) < 4.78 is 0. The molecule has 0 amide bonds. The quantitative estimate of drug-likeness (QED) is 0.575. The van der Waals surface area contributed by atoms with Crippen LogP contribution in [0.2, 0.25) is 0 Å². The van der Waals surface area contributed by atoms with Crippen LogP contribution < -0.4 is 15.5 Å². The molecule has 1 aromatic rings. The van der Waals surface area contributed by atoms with Gasteiger partial charge in [-0.2, -0.15) is 15.0 Å². The van der Waals surface area contributed by atoms with E-state index in [0.717, 1.165) is 45.0 Å². The molecule has 0 spiro atoms. The average Bonchev–Trinajstić information content (AvgIpc) is 2.67. The van der Waals surface area contributed by atoms with Gasteiger partial charge in [0.05, 0.1) is 0 Å². The Morgan fingerprint density at radius 1 is 0.677 bits per heavy atom. The van der Waals surface area contributed by atoms with E-state index < -0.39 is 0 Å². The fraction of sp³-hybridized carbons (Fsp3) is 0.875. The molecular formula is C24H47N7. The first kappa shape index (κ1) is 25.6. The van der Waals surface area contributed by atoms with Crippen LogP contribution in [-0.4, -0.2) is 64.2 Å². The number of piperazine rings is 1. The van der Waals surface area contributed by atoms with E-state index in [-0.39, 0.29) is 21.9 Å². The monoisotopic (exact) mass is 433 g/mol. The summed E-state index contributed by atoms with van der Waals surface area (Å²) in [5.74, 6) is 2.04. The summed E-state index contributed by atoms with van der Waals surface area (Å²) in [7, 11) is 2.16. The maximum Gasteiger partial charge on any atom is 0.232 e. The molecule has 0 aromatic carbocycles. The van der Waals surface area contributed by atoms with E-state index in [0.29, 0.717) is 11.9 Å². The van der Waals surface area contributed by atoms with Crippen molar-refractivity contribution in [2.45, 2.75) is 93.2 Å². The third-order valence-corrected chi connectivity index (χ3v) is 8.41. The van der Waals surface area contributed by atoms with Gasteiger partial charge in [-0.25, -0.2) is 0 Å². The lowest BCUT2D eigenvalue weighted by Gasteiger charge is -2.43. The minimum Gasteiger partial charge on any atom is -0.349 e. The molecule has 7 heteroatoms. The Kier molecular flexibility index (Phi) is 7.51. The Morgan fingerprint density at radius 2 is 1.06 bits per heavy atom. The summed E-state index contributed by atoms with van der Waals surface area (Å²) in [6.45, 7) is 26.4. The summed E-state index contributed by atoms with van der Waals surface area (Å²) in [4.78, 5) is 19.2. The van der Waals surface area contributed by atoms with Crippen LogP contribution in [0.5, 0.6) is 0 Å². The summed E-state index contributed by atoms with van der Waals surface area (Å²) in [5, 5.41) is 7.27. The van der Waals surface area contributed by atoms with Crippen LogP contribution in [0.1, 0.15) is 82.1 Å². The van der Waals surface area contributed by atoms with Gasteiger partial charge in [0.25, 0.3) is 0 Å². The molecule has 0 radical (unpaired) electrons. The van der Waals surface area contributed by atoms with Crippen LogP contribution in [0, 0.1) is 10.8 Å². The fourth-order valence-corrected chi connectivity index (χ4v) is 3.41. The Hall–Kier alpha value is -1.63. The lowest BCUT2D eigenvalue weighted by atomic mass is 9.72. The maximum absolute atomic E-state index is 4.86. The van der Waals surface area contributed by atoms with Crippen LogP contribution in [0.15, 0.2) is 0 Å². The molecule has 2 heterocycles. The first-order valence-corrected chi connectivity index (χ1v) is 11.9. The molecule has 0 bridgehead atoms. The number of nitrogens with zero attached hydrogens (tertiary/aromatic N) is 5. The molecule has 1 aliphatic rings. The molecule has 0 saturated carbocycles. The highest BCUT2D eigenvalue weighted by atomic mass is 15.4. The van der Waals surface area contributed by atoms with E-state index in [2.05, 4.69) is 96.7 Å². The van der Waals surface area contributed by atoms with Crippen molar-refractivity contribution in [3.8, 4) is 0 Å². The van der Waals surface area contributed by atoms with Gasteiger partial charge in [-0.05, 0) is 58.4 Å². The van der Waals surface area contributed by atoms with E-state index in [1.807, 2.05) is 0 Å². The summed E-state index contributed by atoms with van der Waals surface area (Å²) in [5.41, 5.74) is -0.161. The van der Waals surface area contributed by atoms with Gasteiger partial charge < -0.3 is 20.4 Å². The van der Waals surface area contributed by atoms with Crippen molar-refractivity contribution in [1.29, 1.82) is 0 Å². The minimum absolute atomic E-state index is 0.0880. The molecule has 7 nitrogen and oxygen atoms in total. The number of rotatable bonds is 9. The minimum atomic E-state index is -0.169. The summed E-state index contributed by atoms with van der Waals surface area (Å²) >= 11 is 0. The van der Waals surface area contributed by atoms with Gasteiger partial charge in [0, 0.05) is 37.3 Å². The topological polar surface area (TPSA) is 69.2 Å². The number of hydrogen-bond acceptors (Lipinski definition) is 7. The number of anilines is 3. The van der Waals surface area contributed by atoms with Crippen molar-refractivity contribution in [2.75, 3.05) is 48.8 Å². The SMILES string of the molecule is CCC(C)(C)C(C)(C)Nc1nc(NC(C)(C)C(C)(C)CC)nc(N2CCN(C)CC2)n1. The molecule has 0 aliphatic carbocycles. The van der Waals surface area contributed by atoms with Gasteiger partial charge in [0.2, 0.25) is 17.8 Å². The second-order valence-electron chi connectivity index (χ2n) is 11.5. The first-order chi connectivity index (χ1) is 14.1. The smallest absolute Gasteiger partial charge is 0.232 e. The van der Waals surface area contributed by atoms with Gasteiger partial charge in [0.15, 0.2) is 0 Å². The van der Waals surface area contributed by atoms with Crippen molar-refractivity contribution in [1.82, 2.24) is 19.9 Å². The van der Waals surface area contributed by atoms with Crippen molar-refractivity contribution in [2.24, 2.45) is 10.8 Å². The summed E-state index contributed by atoms with van der Waals surface area (Å²) in [6.07, 6.45) is 2.12. The fourth-order valence-electron chi connectivity index (χ4n) is 3.41. The van der Waals surface area contributed by atoms with Crippen LogP contribution in [0.25, 0.3) is 0 Å². The van der Waals surface area contributed by atoms with Gasteiger partial charge in [-0.3, -0.25) is 0 Å². The van der Waals surface area contributed by atoms with Gasteiger partial charge in [0.1, 0.15) is 0 Å². The van der Waals surface area contributed by atoms with E-state index in [4.69, 9.17) is 15.0 Å². The lowest BCUT2D eigenvalue weighted by Crippen LogP contribution is -2.48. The van der Waals surface area contributed by atoms with Gasteiger partial charge >= 0.3 is 0 Å². The number of likely N-dealkylation sites (N-methyl/N-ethyl adjacent to an activating group) is 1. The van der Waals surface area contributed by atoms with E-state index >= 15 is 0 Å². The number of aromatic nitrogens is 3. The molecule has 178 valence electrons. The average molecular weight is 434 g/mol. The number of hydrogen-bond donors (Lipinski definition) is 2. The molecule has 0 unspecified atom stereocenters. The third-order valence-electron chi connectivity index (χ3n) is 8.41. The van der Waals surface area contributed by atoms with Crippen molar-refractivity contribution in [3.05, 3.63) is 0 Å². The first-order valence-electron chi connectivity index (χ1n) is 11.9. The highest BCUT2D eigenvalue weighted by Crippen LogP contribution is 2.38. The van der Waals surface area contributed by atoms with Crippen molar-refractivity contribution in [3.63, 3.8) is 0 Å². The molecule has 2 rings (SSSR count). The number of nitrogens with one attached hydrogen (secondary N) is 2. The predicted octanol–water partition coefficient (Wildman–Crippen LogP) is 4.88. The third kappa shape index (κ3) is 5.79. The molecule has 1 saturated heterocycles. The van der Waals surface area contributed by atoms with E-state index in [1.165, 1.54) is 0 Å². The zero-order valence-electron chi connectivity index (χ0n) is 22.0. The zero-order chi connectivity index (χ0) is 23.7. The summed E-state index contributed by atoms with van der Waals surface area (Å²) in [6, 6.07) is 0. The largest absolute Gasteiger partial charge is 0.349 e. The zero-order valence-corrected chi connectivity index (χ0v) is 22.0.